The second kappa shape index (κ2) is 9.64. The summed E-state index contributed by atoms with van der Waals surface area (Å²) in [5, 5.41) is 0. The van der Waals surface area contributed by atoms with Gasteiger partial charge in [0.15, 0.2) is 0 Å². The van der Waals surface area contributed by atoms with E-state index in [0.29, 0.717) is 10.4 Å². The van der Waals surface area contributed by atoms with Gasteiger partial charge in [0.05, 0.1) is 27.6 Å². The van der Waals surface area contributed by atoms with Crippen molar-refractivity contribution in [3.63, 3.8) is 0 Å². The van der Waals surface area contributed by atoms with E-state index in [-0.39, 0.29) is 0 Å². The third-order valence-corrected chi connectivity index (χ3v) is 3.24. The molecule has 0 atom stereocenters. The molecule has 2 nitrogen and oxygen atoms in total. The van der Waals surface area contributed by atoms with E-state index in [1.807, 2.05) is 21.1 Å². The number of hydrogen-bond donors (Lipinski definition) is 0. The van der Waals surface area contributed by atoms with Crippen LogP contribution < -0.4 is 0 Å². The van der Waals surface area contributed by atoms with Crippen LogP contribution in [0.15, 0.2) is 0 Å². The molecule has 0 aliphatic heterocycles. The van der Waals surface area contributed by atoms with Crippen LogP contribution in [-0.4, -0.2) is 31.5 Å². The highest BCUT2D eigenvalue weighted by atomic mass is 16.2. The Hall–Kier alpha value is -0.370. The molecule has 0 bridgehead atoms. The molecule has 0 rings (SSSR count). The molecule has 102 valence electrons. The van der Waals surface area contributed by atoms with Gasteiger partial charge < -0.3 is 0 Å². The zero-order chi connectivity index (χ0) is 13.1. The van der Waals surface area contributed by atoms with Crippen molar-refractivity contribution in [2.75, 3.05) is 21.1 Å². The molecular weight excluding hydrogens is 210 g/mol. The SMILES string of the molecule is CCCCCCCCCCCC(=O)[N+](C)(C)C. The van der Waals surface area contributed by atoms with Crippen molar-refractivity contribution in [1.82, 2.24) is 0 Å². The summed E-state index contributed by atoms with van der Waals surface area (Å²) in [5.74, 6) is 0.355. The van der Waals surface area contributed by atoms with Crippen LogP contribution in [0, 0.1) is 0 Å². The van der Waals surface area contributed by atoms with E-state index >= 15 is 0 Å². The molecule has 0 aliphatic rings. The smallest absolute Gasteiger partial charge is 0.268 e. The molecule has 0 aromatic rings. The second-order valence-corrected chi connectivity index (χ2v) is 5.98. The summed E-state index contributed by atoms with van der Waals surface area (Å²) in [7, 11) is 5.86. The van der Waals surface area contributed by atoms with E-state index in [2.05, 4.69) is 6.92 Å². The molecule has 1 amide bonds. The minimum absolute atomic E-state index is 0.355. The maximum absolute atomic E-state index is 11.6. The van der Waals surface area contributed by atoms with Gasteiger partial charge in [0.25, 0.3) is 0 Å². The fourth-order valence-electron chi connectivity index (χ4n) is 1.92. The maximum atomic E-state index is 11.6. The Balaban J connectivity index is 3.22. The topological polar surface area (TPSA) is 17.1 Å². The van der Waals surface area contributed by atoms with Crippen LogP contribution in [0.2, 0.25) is 0 Å². The van der Waals surface area contributed by atoms with Gasteiger partial charge in [-0.15, -0.1) is 0 Å². The maximum Gasteiger partial charge on any atom is 0.313 e. The Morgan fingerprint density at radius 3 is 1.59 bits per heavy atom. The molecule has 0 aromatic heterocycles. The summed E-state index contributed by atoms with van der Waals surface area (Å²) in [6.07, 6.45) is 12.6. The molecule has 0 saturated heterocycles. The molecule has 0 saturated carbocycles. The Kier molecular flexibility index (Phi) is 9.43. The number of carbonyl (C=O) groups is 1. The minimum atomic E-state index is 0.355. The number of unbranched alkanes of at least 4 members (excludes halogenated alkanes) is 8. The van der Waals surface area contributed by atoms with E-state index < -0.39 is 0 Å². The molecule has 0 aromatic carbocycles. The van der Waals surface area contributed by atoms with Crippen molar-refractivity contribution in [3.05, 3.63) is 0 Å². The van der Waals surface area contributed by atoms with Crippen LogP contribution in [-0.2, 0) is 4.79 Å². The summed E-state index contributed by atoms with van der Waals surface area (Å²) < 4.78 is 0.469. The van der Waals surface area contributed by atoms with Gasteiger partial charge in [0.2, 0.25) is 0 Å². The summed E-state index contributed by atoms with van der Waals surface area (Å²) >= 11 is 0. The van der Waals surface area contributed by atoms with Crippen LogP contribution in [0.25, 0.3) is 0 Å². The van der Waals surface area contributed by atoms with Crippen LogP contribution in [0.5, 0.6) is 0 Å². The predicted octanol–water partition coefficient (Wildman–Crippen LogP) is 4.14. The Labute approximate surface area is 108 Å². The lowest BCUT2D eigenvalue weighted by Crippen LogP contribution is -2.40. The van der Waals surface area contributed by atoms with E-state index in [9.17, 15) is 4.79 Å². The summed E-state index contributed by atoms with van der Waals surface area (Å²) in [6.45, 7) is 2.25. The van der Waals surface area contributed by atoms with Crippen molar-refractivity contribution in [3.8, 4) is 0 Å². The molecule has 0 spiro atoms. The quantitative estimate of drug-likeness (QED) is 0.415. The lowest BCUT2D eigenvalue weighted by Gasteiger charge is -2.20. The molecule has 0 heterocycles. The normalized spacial score (nSPS) is 11.8. The number of nitrogens with zero attached hydrogens (tertiary/aromatic N) is 1. The second-order valence-electron chi connectivity index (χ2n) is 5.98. The zero-order valence-corrected chi connectivity index (χ0v) is 12.4. The molecule has 0 unspecified atom stereocenters. The standard InChI is InChI=1S/C15H32NO/c1-5-6-7-8-9-10-11-12-13-14-15(17)16(2,3)4/h5-14H2,1-4H3/q+1. The third-order valence-electron chi connectivity index (χ3n) is 3.24. The van der Waals surface area contributed by atoms with Gasteiger partial charge in [-0.1, -0.05) is 58.3 Å². The average Bonchev–Trinajstić information content (AvgIpc) is 2.25. The van der Waals surface area contributed by atoms with Crippen LogP contribution in [0.3, 0.4) is 0 Å². The molecular formula is C15H32NO+. The van der Waals surface area contributed by atoms with Gasteiger partial charge in [0, 0.05) is 0 Å². The number of carbonyl (C=O) groups excluding carboxylic acids is 1. The van der Waals surface area contributed by atoms with Gasteiger partial charge in [0.1, 0.15) is 0 Å². The van der Waals surface area contributed by atoms with Crippen molar-refractivity contribution in [2.45, 2.75) is 71.1 Å². The van der Waals surface area contributed by atoms with E-state index in [0.717, 1.165) is 12.8 Å². The number of quaternary nitrogens is 1. The summed E-state index contributed by atoms with van der Waals surface area (Å²) in [5.41, 5.74) is 0. The number of amides is 1. The van der Waals surface area contributed by atoms with E-state index in [1.54, 1.807) is 0 Å². The Bertz CT molecular complexity index is 194. The third kappa shape index (κ3) is 10.5. The van der Waals surface area contributed by atoms with Gasteiger partial charge >= 0.3 is 5.91 Å². The van der Waals surface area contributed by atoms with Gasteiger partial charge in [-0.05, 0) is 6.42 Å². The average molecular weight is 242 g/mol. The first-order valence-electron chi connectivity index (χ1n) is 7.33. The van der Waals surface area contributed by atoms with Crippen LogP contribution in [0.1, 0.15) is 71.1 Å². The van der Waals surface area contributed by atoms with E-state index in [4.69, 9.17) is 0 Å². The lowest BCUT2D eigenvalue weighted by molar-refractivity contribution is -0.792. The molecule has 0 N–H and O–H groups in total. The van der Waals surface area contributed by atoms with Gasteiger partial charge in [-0.2, -0.15) is 0 Å². The molecule has 0 radical (unpaired) electrons. The Morgan fingerprint density at radius 1 is 0.765 bits per heavy atom. The van der Waals surface area contributed by atoms with Crippen molar-refractivity contribution >= 4 is 5.91 Å². The van der Waals surface area contributed by atoms with Crippen molar-refractivity contribution < 1.29 is 9.28 Å². The van der Waals surface area contributed by atoms with Crippen molar-refractivity contribution in [1.29, 1.82) is 0 Å². The number of hydrogen-bond acceptors (Lipinski definition) is 1. The highest BCUT2D eigenvalue weighted by Crippen LogP contribution is 2.11. The highest BCUT2D eigenvalue weighted by molar-refractivity contribution is 5.68. The first-order valence-corrected chi connectivity index (χ1v) is 7.33. The molecule has 0 aliphatic carbocycles. The minimum Gasteiger partial charge on any atom is -0.268 e. The monoisotopic (exact) mass is 242 g/mol. The zero-order valence-electron chi connectivity index (χ0n) is 12.4. The van der Waals surface area contributed by atoms with Crippen LogP contribution in [0.4, 0.5) is 0 Å². The fraction of sp³-hybridized carbons (Fsp3) is 0.933. The summed E-state index contributed by atoms with van der Waals surface area (Å²) in [4.78, 5) is 11.6. The van der Waals surface area contributed by atoms with Gasteiger partial charge in [-0.3, -0.25) is 4.48 Å². The first kappa shape index (κ1) is 16.6. The number of rotatable bonds is 10. The largest absolute Gasteiger partial charge is 0.313 e. The summed E-state index contributed by atoms with van der Waals surface area (Å²) in [6, 6.07) is 0. The lowest BCUT2D eigenvalue weighted by atomic mass is 10.1. The molecule has 17 heavy (non-hydrogen) atoms. The van der Waals surface area contributed by atoms with E-state index in [1.165, 1.54) is 51.4 Å². The molecule has 2 heteroatoms. The molecule has 0 fully saturated rings. The van der Waals surface area contributed by atoms with Crippen molar-refractivity contribution in [2.24, 2.45) is 0 Å². The Morgan fingerprint density at radius 2 is 1.18 bits per heavy atom. The fourth-order valence-corrected chi connectivity index (χ4v) is 1.92. The van der Waals surface area contributed by atoms with Gasteiger partial charge in [-0.25, -0.2) is 4.79 Å². The predicted molar refractivity (Wildman–Crippen MR) is 74.9 cm³/mol. The van der Waals surface area contributed by atoms with Crippen LogP contribution >= 0.6 is 0 Å². The first-order chi connectivity index (χ1) is 7.98. The highest BCUT2D eigenvalue weighted by Gasteiger charge is 2.18.